The van der Waals surface area contributed by atoms with E-state index in [0.717, 1.165) is 5.56 Å². The minimum atomic E-state index is -3.83. The van der Waals surface area contributed by atoms with Gasteiger partial charge in [0.2, 0.25) is 0 Å². The van der Waals surface area contributed by atoms with Gasteiger partial charge in [-0.3, -0.25) is 14.3 Å². The van der Waals surface area contributed by atoms with Crippen LogP contribution >= 0.6 is 0 Å². The molecule has 0 aliphatic heterocycles. The lowest BCUT2D eigenvalue weighted by atomic mass is 9.99. The number of aryl methyl sites for hydroxylation is 1. The molecule has 0 aromatic heterocycles. The molecule has 31 heavy (non-hydrogen) atoms. The second kappa shape index (κ2) is 10.4. The van der Waals surface area contributed by atoms with Gasteiger partial charge in [0.05, 0.1) is 16.4 Å². The second-order valence-corrected chi connectivity index (χ2v) is 9.32. The lowest BCUT2D eigenvalue weighted by molar-refractivity contribution is -0.384. The summed E-state index contributed by atoms with van der Waals surface area (Å²) >= 11 is 0. The molecule has 0 aliphatic rings. The van der Waals surface area contributed by atoms with Crippen LogP contribution < -0.4 is 5.32 Å². The number of hydrogen-bond donors (Lipinski definition) is 1. The Kier molecular flexibility index (Phi) is 8.12. The van der Waals surface area contributed by atoms with Crippen LogP contribution in [0.1, 0.15) is 37.8 Å². The van der Waals surface area contributed by atoms with Gasteiger partial charge in [-0.15, -0.1) is 0 Å². The van der Waals surface area contributed by atoms with E-state index in [1.807, 2.05) is 0 Å². The molecule has 0 unspecified atom stereocenters. The van der Waals surface area contributed by atoms with E-state index in [2.05, 4.69) is 5.32 Å². The molecule has 9 nitrogen and oxygen atoms in total. The summed E-state index contributed by atoms with van der Waals surface area (Å²) in [6.07, 6.45) is 0.223. The number of nitrogens with one attached hydrogen (secondary N) is 1. The van der Waals surface area contributed by atoms with Gasteiger partial charge in [-0.2, -0.15) is 8.42 Å². The Bertz CT molecular complexity index is 1020. The van der Waals surface area contributed by atoms with Gasteiger partial charge in [0.15, 0.2) is 0 Å². The molecule has 0 saturated heterocycles. The Hall–Kier alpha value is -2.98. The van der Waals surface area contributed by atoms with Crippen LogP contribution in [0.4, 0.5) is 10.5 Å². The normalized spacial score (nSPS) is 11.7. The largest absolute Gasteiger partial charge is 0.445 e. The number of amides is 1. The van der Waals surface area contributed by atoms with E-state index >= 15 is 0 Å². The van der Waals surface area contributed by atoms with E-state index in [-0.39, 0.29) is 23.8 Å². The van der Waals surface area contributed by atoms with E-state index in [1.54, 1.807) is 39.0 Å². The maximum atomic E-state index is 12.2. The molecule has 0 radical (unpaired) electrons. The number of nitro groups is 1. The monoisotopic (exact) mass is 450 g/mol. The number of nitrogens with zero attached hydrogens (tertiary/aromatic N) is 1. The van der Waals surface area contributed by atoms with Crippen molar-refractivity contribution in [3.8, 4) is 0 Å². The highest BCUT2D eigenvalue weighted by Crippen LogP contribution is 2.17. The summed E-state index contributed by atoms with van der Waals surface area (Å²) in [5.74, 6) is 0. The quantitative estimate of drug-likeness (QED) is 0.250. The minimum Gasteiger partial charge on any atom is -0.445 e. The molecule has 2 aromatic carbocycles. The molecule has 2 aromatic rings. The third-order valence-electron chi connectivity index (χ3n) is 4.42. The maximum absolute atomic E-state index is 12.2. The van der Waals surface area contributed by atoms with Crippen LogP contribution in [0.2, 0.25) is 0 Å². The van der Waals surface area contributed by atoms with Crippen molar-refractivity contribution in [2.75, 3.05) is 6.61 Å². The molecule has 10 heteroatoms. The number of nitro benzene ring substituents is 1. The Morgan fingerprint density at radius 1 is 1.16 bits per heavy atom. The van der Waals surface area contributed by atoms with Crippen LogP contribution in [0, 0.1) is 17.0 Å². The third-order valence-corrected chi connectivity index (χ3v) is 5.73. The van der Waals surface area contributed by atoms with Crippen molar-refractivity contribution in [3.63, 3.8) is 0 Å². The molecule has 2 rings (SSSR count). The van der Waals surface area contributed by atoms with Gasteiger partial charge >= 0.3 is 6.09 Å². The summed E-state index contributed by atoms with van der Waals surface area (Å²) in [6, 6.07) is 12.2. The average molecular weight is 451 g/mol. The standard InChI is InChI=1S/C21H26N2O7S/c1-16-6-4-7-19(14-16)31(27,28)30-13-5-12-21(2,3)22-20(24)29-15-17-8-10-18(11-9-17)23(25)26/h4,6-11,14H,5,12-13,15H2,1-3H3,(H,22,24). The number of rotatable bonds is 10. The molecule has 0 atom stereocenters. The zero-order chi connectivity index (χ0) is 23.1. The zero-order valence-corrected chi connectivity index (χ0v) is 18.5. The van der Waals surface area contributed by atoms with Crippen molar-refractivity contribution in [1.29, 1.82) is 0 Å². The molecular formula is C21H26N2O7S. The van der Waals surface area contributed by atoms with E-state index in [0.29, 0.717) is 18.4 Å². The summed E-state index contributed by atoms with van der Waals surface area (Å²) < 4.78 is 34.7. The summed E-state index contributed by atoms with van der Waals surface area (Å²) in [6.45, 7) is 5.33. The Morgan fingerprint density at radius 3 is 2.45 bits per heavy atom. The lowest BCUT2D eigenvalue weighted by Crippen LogP contribution is -2.43. The first-order valence-electron chi connectivity index (χ1n) is 9.63. The minimum absolute atomic E-state index is 0.0147. The van der Waals surface area contributed by atoms with Gasteiger partial charge in [-0.1, -0.05) is 12.1 Å². The highest BCUT2D eigenvalue weighted by molar-refractivity contribution is 7.86. The van der Waals surface area contributed by atoms with Gasteiger partial charge < -0.3 is 10.1 Å². The zero-order valence-electron chi connectivity index (χ0n) is 17.7. The van der Waals surface area contributed by atoms with Crippen molar-refractivity contribution in [3.05, 3.63) is 69.8 Å². The average Bonchev–Trinajstić information content (AvgIpc) is 2.70. The van der Waals surface area contributed by atoms with E-state index in [1.165, 1.54) is 30.3 Å². The van der Waals surface area contributed by atoms with Crippen LogP contribution in [0.3, 0.4) is 0 Å². The molecule has 0 fully saturated rings. The summed E-state index contributed by atoms with van der Waals surface area (Å²) in [4.78, 5) is 22.3. The van der Waals surface area contributed by atoms with Crippen molar-refractivity contribution >= 4 is 21.9 Å². The van der Waals surface area contributed by atoms with E-state index < -0.39 is 26.7 Å². The van der Waals surface area contributed by atoms with Crippen molar-refractivity contribution < 1.29 is 27.1 Å². The highest BCUT2D eigenvalue weighted by Gasteiger charge is 2.22. The molecular weight excluding hydrogens is 424 g/mol. The number of carbonyl (C=O) groups is 1. The summed E-state index contributed by atoms with van der Waals surface area (Å²) in [5, 5.41) is 13.4. The van der Waals surface area contributed by atoms with Crippen LogP contribution in [0.5, 0.6) is 0 Å². The van der Waals surface area contributed by atoms with E-state index in [4.69, 9.17) is 8.92 Å². The predicted molar refractivity (Wildman–Crippen MR) is 114 cm³/mol. The van der Waals surface area contributed by atoms with Crippen LogP contribution in [0.15, 0.2) is 53.4 Å². The fourth-order valence-corrected chi connectivity index (χ4v) is 3.81. The molecule has 0 saturated carbocycles. The number of non-ortho nitro benzene ring substituents is 1. The molecule has 0 spiro atoms. The van der Waals surface area contributed by atoms with Gasteiger partial charge in [0.25, 0.3) is 15.8 Å². The van der Waals surface area contributed by atoms with Gasteiger partial charge in [0.1, 0.15) is 6.61 Å². The molecule has 0 heterocycles. The second-order valence-electron chi connectivity index (χ2n) is 7.70. The number of alkyl carbamates (subject to hydrolysis) is 1. The predicted octanol–water partition coefficient (Wildman–Crippen LogP) is 4.09. The molecule has 0 aliphatic carbocycles. The van der Waals surface area contributed by atoms with E-state index in [9.17, 15) is 23.3 Å². The lowest BCUT2D eigenvalue weighted by Gasteiger charge is -2.25. The fourth-order valence-electron chi connectivity index (χ4n) is 2.76. The molecule has 1 amide bonds. The highest BCUT2D eigenvalue weighted by atomic mass is 32.2. The number of benzene rings is 2. The van der Waals surface area contributed by atoms with Gasteiger partial charge in [0, 0.05) is 17.7 Å². The molecule has 1 N–H and O–H groups in total. The first-order chi connectivity index (χ1) is 14.5. The number of hydrogen-bond acceptors (Lipinski definition) is 7. The van der Waals surface area contributed by atoms with Crippen molar-refractivity contribution in [2.24, 2.45) is 0 Å². The molecule has 0 bridgehead atoms. The Morgan fingerprint density at radius 2 is 1.84 bits per heavy atom. The van der Waals surface area contributed by atoms with Crippen molar-refractivity contribution in [1.82, 2.24) is 5.32 Å². The smallest absolute Gasteiger partial charge is 0.407 e. The summed E-state index contributed by atoms with van der Waals surface area (Å²) in [7, 11) is -3.83. The summed E-state index contributed by atoms with van der Waals surface area (Å²) in [5.41, 5.74) is 0.750. The van der Waals surface area contributed by atoms with Crippen molar-refractivity contribution in [2.45, 2.75) is 50.7 Å². The van der Waals surface area contributed by atoms with Crippen LogP contribution in [0.25, 0.3) is 0 Å². The third kappa shape index (κ3) is 7.99. The van der Waals surface area contributed by atoms with Crippen LogP contribution in [-0.4, -0.2) is 31.6 Å². The number of carbonyl (C=O) groups excluding carboxylic acids is 1. The van der Waals surface area contributed by atoms with Gasteiger partial charge in [-0.25, -0.2) is 4.79 Å². The first-order valence-corrected chi connectivity index (χ1v) is 11.0. The van der Waals surface area contributed by atoms with Crippen LogP contribution in [-0.2, 0) is 25.6 Å². The fraction of sp³-hybridized carbons (Fsp3) is 0.381. The topological polar surface area (TPSA) is 125 Å². The SMILES string of the molecule is Cc1cccc(S(=O)(=O)OCCCC(C)(C)NC(=O)OCc2ccc([N+](=O)[O-])cc2)c1. The molecule has 168 valence electrons. The maximum Gasteiger partial charge on any atom is 0.407 e. The Labute approximate surface area is 181 Å². The van der Waals surface area contributed by atoms with Gasteiger partial charge in [-0.05, 0) is 69.0 Å². The first kappa shape index (κ1) is 24.3. The number of ether oxygens (including phenoxy) is 1. The Balaban J connectivity index is 1.75.